The van der Waals surface area contributed by atoms with Gasteiger partial charge in [-0.2, -0.15) is 0 Å². The van der Waals surface area contributed by atoms with Gasteiger partial charge in [0.25, 0.3) is 0 Å². The molecule has 0 saturated heterocycles. The fourth-order valence-electron chi connectivity index (χ4n) is 4.29. The van der Waals surface area contributed by atoms with Crippen LogP contribution < -0.4 is 5.32 Å². The van der Waals surface area contributed by atoms with Crippen molar-refractivity contribution < 1.29 is 13.9 Å². The standard InChI is InChI=1S/C30H29ClFNO2/c1-18(2)35-30(34)28-16-23(12-13-29(28)32)27-17-24(14-22-8-5-6-11-26(22)27)20(4)33-19(3)21-9-7-10-25(31)15-21/h5-20,33H,1-4H3/t19-,20?/m1/s1. The molecule has 0 aliphatic heterocycles. The minimum absolute atomic E-state index is 0.0261. The summed E-state index contributed by atoms with van der Waals surface area (Å²) in [5.41, 5.74) is 3.82. The van der Waals surface area contributed by atoms with Crippen molar-refractivity contribution in [2.24, 2.45) is 0 Å². The average Bonchev–Trinajstić information content (AvgIpc) is 2.83. The van der Waals surface area contributed by atoms with Crippen LogP contribution in [-0.4, -0.2) is 12.1 Å². The first-order chi connectivity index (χ1) is 16.7. The van der Waals surface area contributed by atoms with Crippen molar-refractivity contribution in [2.45, 2.75) is 45.9 Å². The first kappa shape index (κ1) is 24.9. The second kappa shape index (κ2) is 10.6. The van der Waals surface area contributed by atoms with Gasteiger partial charge in [-0.15, -0.1) is 0 Å². The third kappa shape index (κ3) is 5.72. The minimum atomic E-state index is -0.662. The molecule has 0 bridgehead atoms. The highest BCUT2D eigenvalue weighted by Gasteiger charge is 2.18. The molecule has 1 N–H and O–H groups in total. The third-order valence-corrected chi connectivity index (χ3v) is 6.31. The molecule has 0 aliphatic rings. The van der Waals surface area contributed by atoms with Crippen LogP contribution in [0.3, 0.4) is 0 Å². The summed E-state index contributed by atoms with van der Waals surface area (Å²) >= 11 is 6.18. The number of halogens is 2. The number of carbonyl (C=O) groups is 1. The monoisotopic (exact) mass is 489 g/mol. The van der Waals surface area contributed by atoms with Crippen LogP contribution in [0.2, 0.25) is 5.02 Å². The first-order valence-corrected chi connectivity index (χ1v) is 12.2. The summed E-state index contributed by atoms with van der Waals surface area (Å²) in [6, 6.07) is 24.9. The van der Waals surface area contributed by atoms with Gasteiger partial charge in [-0.25, -0.2) is 9.18 Å². The van der Waals surface area contributed by atoms with Crippen LogP contribution in [0.4, 0.5) is 4.39 Å². The molecule has 0 radical (unpaired) electrons. The maximum atomic E-state index is 14.5. The molecule has 4 rings (SSSR count). The zero-order valence-corrected chi connectivity index (χ0v) is 21.1. The summed E-state index contributed by atoms with van der Waals surface area (Å²) in [7, 11) is 0. The normalized spacial score (nSPS) is 13.1. The van der Waals surface area contributed by atoms with E-state index in [-0.39, 0.29) is 23.8 Å². The van der Waals surface area contributed by atoms with Crippen LogP contribution in [0.5, 0.6) is 0 Å². The Labute approximate surface area is 210 Å². The molecule has 0 aromatic heterocycles. The van der Waals surface area contributed by atoms with E-state index in [0.717, 1.165) is 33.0 Å². The summed E-state index contributed by atoms with van der Waals surface area (Å²) in [5.74, 6) is -1.25. The number of rotatable bonds is 7. The molecule has 0 aliphatic carbocycles. The van der Waals surface area contributed by atoms with E-state index in [4.69, 9.17) is 16.3 Å². The number of esters is 1. The first-order valence-electron chi connectivity index (χ1n) is 11.8. The molecule has 0 fully saturated rings. The number of hydrogen-bond donors (Lipinski definition) is 1. The second-order valence-electron chi connectivity index (χ2n) is 9.10. The third-order valence-electron chi connectivity index (χ3n) is 6.07. The lowest BCUT2D eigenvalue weighted by Crippen LogP contribution is -2.22. The maximum Gasteiger partial charge on any atom is 0.341 e. The molecule has 3 nitrogen and oxygen atoms in total. The van der Waals surface area contributed by atoms with Crippen LogP contribution in [0.25, 0.3) is 21.9 Å². The van der Waals surface area contributed by atoms with Crippen molar-refractivity contribution in [3.8, 4) is 11.1 Å². The van der Waals surface area contributed by atoms with Gasteiger partial charge in [0.05, 0.1) is 11.7 Å². The molecule has 2 atom stereocenters. The fraction of sp³-hybridized carbons (Fsp3) is 0.233. The lowest BCUT2D eigenvalue weighted by Gasteiger charge is -2.22. The predicted molar refractivity (Wildman–Crippen MR) is 141 cm³/mol. The van der Waals surface area contributed by atoms with Crippen molar-refractivity contribution in [3.63, 3.8) is 0 Å². The molecule has 0 amide bonds. The molecule has 1 unspecified atom stereocenters. The zero-order valence-electron chi connectivity index (χ0n) is 20.3. The Morgan fingerprint density at radius 2 is 1.60 bits per heavy atom. The van der Waals surface area contributed by atoms with Gasteiger partial charge < -0.3 is 10.1 Å². The van der Waals surface area contributed by atoms with Gasteiger partial charge in [0, 0.05) is 17.1 Å². The van der Waals surface area contributed by atoms with Crippen molar-refractivity contribution >= 4 is 28.3 Å². The van der Waals surface area contributed by atoms with Crippen molar-refractivity contribution in [1.29, 1.82) is 0 Å². The summed E-state index contributed by atoms with van der Waals surface area (Å²) < 4.78 is 19.8. The average molecular weight is 490 g/mol. The Morgan fingerprint density at radius 1 is 0.857 bits per heavy atom. The Balaban J connectivity index is 1.74. The van der Waals surface area contributed by atoms with Crippen LogP contribution >= 0.6 is 11.6 Å². The largest absolute Gasteiger partial charge is 0.459 e. The molecule has 0 heterocycles. The summed E-state index contributed by atoms with van der Waals surface area (Å²) in [6.45, 7) is 7.71. The zero-order chi connectivity index (χ0) is 25.1. The molecule has 0 saturated carbocycles. The van der Waals surface area contributed by atoms with E-state index in [0.29, 0.717) is 5.02 Å². The van der Waals surface area contributed by atoms with Gasteiger partial charge in [-0.05, 0) is 97.1 Å². The Morgan fingerprint density at radius 3 is 2.34 bits per heavy atom. The number of nitrogens with one attached hydrogen (secondary N) is 1. The van der Waals surface area contributed by atoms with Crippen LogP contribution in [0.1, 0.15) is 61.3 Å². The van der Waals surface area contributed by atoms with Crippen LogP contribution in [0, 0.1) is 5.82 Å². The second-order valence-corrected chi connectivity index (χ2v) is 9.54. The van der Waals surface area contributed by atoms with E-state index in [1.54, 1.807) is 26.0 Å². The van der Waals surface area contributed by atoms with Gasteiger partial charge in [0.15, 0.2) is 0 Å². The lowest BCUT2D eigenvalue weighted by molar-refractivity contribution is 0.0372. The van der Waals surface area contributed by atoms with Crippen LogP contribution in [-0.2, 0) is 4.74 Å². The van der Waals surface area contributed by atoms with Gasteiger partial charge in [-0.3, -0.25) is 0 Å². The Bertz CT molecular complexity index is 1370. The molecular weight excluding hydrogens is 461 g/mol. The van der Waals surface area contributed by atoms with E-state index >= 15 is 0 Å². The highest BCUT2D eigenvalue weighted by atomic mass is 35.5. The molecule has 35 heavy (non-hydrogen) atoms. The molecule has 0 spiro atoms. The van der Waals surface area contributed by atoms with Crippen molar-refractivity contribution in [1.82, 2.24) is 5.32 Å². The number of ether oxygens (including phenoxy) is 1. The highest BCUT2D eigenvalue weighted by Crippen LogP contribution is 2.34. The SMILES string of the molecule is CC(C)OC(=O)c1cc(-c2cc(C(C)N[C@H](C)c3cccc(Cl)c3)cc3ccccc23)ccc1F. The van der Waals surface area contributed by atoms with E-state index in [2.05, 4.69) is 43.4 Å². The minimum Gasteiger partial charge on any atom is -0.459 e. The van der Waals surface area contributed by atoms with E-state index in [9.17, 15) is 9.18 Å². The number of benzene rings is 4. The van der Waals surface area contributed by atoms with E-state index < -0.39 is 11.8 Å². The number of fused-ring (bicyclic) bond motifs is 1. The van der Waals surface area contributed by atoms with Gasteiger partial charge in [0.2, 0.25) is 0 Å². The maximum absolute atomic E-state index is 14.5. The van der Waals surface area contributed by atoms with Gasteiger partial charge >= 0.3 is 5.97 Å². The fourth-order valence-corrected chi connectivity index (χ4v) is 4.49. The number of carbonyl (C=O) groups excluding carboxylic acids is 1. The summed E-state index contributed by atoms with van der Waals surface area (Å²) in [5, 5.41) is 6.46. The van der Waals surface area contributed by atoms with E-state index in [1.165, 1.54) is 6.07 Å². The summed E-state index contributed by atoms with van der Waals surface area (Å²) in [6.07, 6.45) is -0.330. The highest BCUT2D eigenvalue weighted by molar-refractivity contribution is 6.30. The van der Waals surface area contributed by atoms with Crippen LogP contribution in [0.15, 0.2) is 78.9 Å². The molecule has 4 aromatic rings. The molecule has 4 aromatic carbocycles. The van der Waals surface area contributed by atoms with Crippen molar-refractivity contribution in [3.05, 3.63) is 106 Å². The van der Waals surface area contributed by atoms with Gasteiger partial charge in [0.1, 0.15) is 5.82 Å². The topological polar surface area (TPSA) is 38.3 Å². The van der Waals surface area contributed by atoms with Gasteiger partial charge in [-0.1, -0.05) is 54.1 Å². The summed E-state index contributed by atoms with van der Waals surface area (Å²) in [4.78, 5) is 12.5. The lowest BCUT2D eigenvalue weighted by atomic mass is 9.92. The quantitative estimate of drug-likeness (QED) is 0.265. The molecular formula is C30H29ClFNO2. The smallest absolute Gasteiger partial charge is 0.341 e. The molecule has 180 valence electrons. The van der Waals surface area contributed by atoms with E-state index in [1.807, 2.05) is 36.4 Å². The number of hydrogen-bond acceptors (Lipinski definition) is 3. The Hall–Kier alpha value is -3.21. The van der Waals surface area contributed by atoms with Crippen molar-refractivity contribution in [2.75, 3.05) is 0 Å². The Kier molecular flexibility index (Phi) is 7.54. The predicted octanol–water partition coefficient (Wildman–Crippen LogP) is 8.28. The molecule has 5 heteroatoms.